The van der Waals surface area contributed by atoms with Gasteiger partial charge in [-0.05, 0) is 47.1 Å². The first-order valence-electron chi connectivity index (χ1n) is 8.18. The van der Waals surface area contributed by atoms with Crippen molar-refractivity contribution >= 4 is 12.1 Å². The standard InChI is InChI=1S/C16H28N2O4/c1-5-21-14(19)12-7-6-8-17(9-12)13-10-18(11-13)15(20)22-16(2,3)4/h12-13H,5-11H2,1-4H3/t12-/m1/s1. The summed E-state index contributed by atoms with van der Waals surface area (Å²) < 4.78 is 10.5. The maximum Gasteiger partial charge on any atom is 0.410 e. The van der Waals surface area contributed by atoms with Crippen molar-refractivity contribution in [3.8, 4) is 0 Å². The summed E-state index contributed by atoms with van der Waals surface area (Å²) >= 11 is 0. The molecule has 2 aliphatic heterocycles. The number of likely N-dealkylation sites (tertiary alicyclic amines) is 2. The van der Waals surface area contributed by atoms with E-state index < -0.39 is 5.60 Å². The highest BCUT2D eigenvalue weighted by atomic mass is 16.6. The van der Waals surface area contributed by atoms with Gasteiger partial charge in [-0.25, -0.2) is 4.79 Å². The van der Waals surface area contributed by atoms with Gasteiger partial charge in [0.1, 0.15) is 5.60 Å². The zero-order valence-corrected chi connectivity index (χ0v) is 14.1. The van der Waals surface area contributed by atoms with Gasteiger partial charge in [0.05, 0.1) is 12.5 Å². The van der Waals surface area contributed by atoms with Crippen LogP contribution in [0.5, 0.6) is 0 Å². The molecule has 2 aliphatic rings. The van der Waals surface area contributed by atoms with E-state index in [2.05, 4.69) is 4.90 Å². The Kier molecular flexibility index (Phi) is 5.32. The Morgan fingerprint density at radius 2 is 1.86 bits per heavy atom. The van der Waals surface area contributed by atoms with Gasteiger partial charge >= 0.3 is 12.1 Å². The number of rotatable bonds is 3. The number of esters is 1. The Labute approximate surface area is 132 Å². The van der Waals surface area contributed by atoms with E-state index in [-0.39, 0.29) is 18.0 Å². The number of ether oxygens (including phenoxy) is 2. The summed E-state index contributed by atoms with van der Waals surface area (Å²) in [6.07, 6.45) is 1.66. The largest absolute Gasteiger partial charge is 0.466 e. The second kappa shape index (κ2) is 6.86. The Morgan fingerprint density at radius 1 is 1.18 bits per heavy atom. The Bertz CT molecular complexity index is 413. The maximum atomic E-state index is 11.9. The number of piperidine rings is 1. The van der Waals surface area contributed by atoms with Gasteiger partial charge in [0, 0.05) is 25.7 Å². The van der Waals surface area contributed by atoms with Gasteiger partial charge in [-0.3, -0.25) is 9.69 Å². The fourth-order valence-electron chi connectivity index (χ4n) is 2.95. The quantitative estimate of drug-likeness (QED) is 0.745. The summed E-state index contributed by atoms with van der Waals surface area (Å²) in [5, 5.41) is 0. The Morgan fingerprint density at radius 3 is 2.45 bits per heavy atom. The summed E-state index contributed by atoms with van der Waals surface area (Å²) in [4.78, 5) is 27.8. The van der Waals surface area contributed by atoms with E-state index in [1.807, 2.05) is 27.7 Å². The lowest BCUT2D eigenvalue weighted by Gasteiger charge is -2.47. The topological polar surface area (TPSA) is 59.1 Å². The van der Waals surface area contributed by atoms with Crippen molar-refractivity contribution in [3.63, 3.8) is 0 Å². The molecule has 2 fully saturated rings. The Balaban J connectivity index is 1.78. The average molecular weight is 312 g/mol. The molecule has 1 atom stereocenters. The van der Waals surface area contributed by atoms with E-state index in [0.29, 0.717) is 25.7 Å². The van der Waals surface area contributed by atoms with E-state index in [0.717, 1.165) is 25.9 Å². The number of amides is 1. The first-order valence-corrected chi connectivity index (χ1v) is 8.18. The van der Waals surface area contributed by atoms with Gasteiger partial charge in [-0.1, -0.05) is 0 Å². The van der Waals surface area contributed by atoms with Gasteiger partial charge in [0.15, 0.2) is 0 Å². The first kappa shape index (κ1) is 17.1. The van der Waals surface area contributed by atoms with Crippen LogP contribution in [0.4, 0.5) is 4.79 Å². The molecule has 2 heterocycles. The third kappa shape index (κ3) is 4.35. The lowest BCUT2D eigenvalue weighted by Crippen LogP contribution is -2.63. The molecular formula is C16H28N2O4. The number of hydrogen-bond donors (Lipinski definition) is 0. The molecule has 0 aromatic carbocycles. The predicted octanol–water partition coefficient (Wildman–Crippen LogP) is 1.88. The van der Waals surface area contributed by atoms with Crippen molar-refractivity contribution < 1.29 is 19.1 Å². The molecular weight excluding hydrogens is 284 g/mol. The van der Waals surface area contributed by atoms with E-state index in [9.17, 15) is 9.59 Å². The van der Waals surface area contributed by atoms with E-state index in [1.165, 1.54) is 0 Å². The van der Waals surface area contributed by atoms with Crippen molar-refractivity contribution in [1.29, 1.82) is 0 Å². The molecule has 0 bridgehead atoms. The SMILES string of the molecule is CCOC(=O)[C@@H]1CCCN(C2CN(C(=O)OC(C)(C)C)C2)C1. The average Bonchev–Trinajstić information content (AvgIpc) is 2.35. The van der Waals surface area contributed by atoms with Crippen LogP contribution in [0.1, 0.15) is 40.5 Å². The summed E-state index contributed by atoms with van der Waals surface area (Å²) in [6.45, 7) is 11.0. The number of nitrogens with zero attached hydrogens (tertiary/aromatic N) is 2. The van der Waals surface area contributed by atoms with Gasteiger partial charge in [-0.2, -0.15) is 0 Å². The van der Waals surface area contributed by atoms with Crippen LogP contribution >= 0.6 is 0 Å². The smallest absolute Gasteiger partial charge is 0.410 e. The van der Waals surface area contributed by atoms with Crippen molar-refractivity contribution in [2.75, 3.05) is 32.8 Å². The monoisotopic (exact) mass is 312 g/mol. The molecule has 2 rings (SSSR count). The van der Waals surface area contributed by atoms with Crippen LogP contribution in [-0.2, 0) is 14.3 Å². The fraction of sp³-hybridized carbons (Fsp3) is 0.875. The van der Waals surface area contributed by atoms with Crippen LogP contribution in [0.3, 0.4) is 0 Å². The molecule has 0 saturated carbocycles. The van der Waals surface area contributed by atoms with Crippen LogP contribution in [0.2, 0.25) is 0 Å². The van der Waals surface area contributed by atoms with Crippen molar-refractivity contribution in [2.24, 2.45) is 5.92 Å². The number of carbonyl (C=O) groups is 2. The van der Waals surface area contributed by atoms with E-state index in [4.69, 9.17) is 9.47 Å². The highest BCUT2D eigenvalue weighted by Crippen LogP contribution is 2.25. The molecule has 22 heavy (non-hydrogen) atoms. The zero-order chi connectivity index (χ0) is 16.3. The van der Waals surface area contributed by atoms with Crippen molar-refractivity contribution in [3.05, 3.63) is 0 Å². The molecule has 0 aromatic heterocycles. The van der Waals surface area contributed by atoms with E-state index in [1.54, 1.807) is 4.90 Å². The second-order valence-electron chi connectivity index (χ2n) is 7.13. The summed E-state index contributed by atoms with van der Waals surface area (Å²) in [7, 11) is 0. The van der Waals surface area contributed by atoms with Crippen LogP contribution in [0.25, 0.3) is 0 Å². The number of carbonyl (C=O) groups excluding carboxylic acids is 2. The summed E-state index contributed by atoms with van der Waals surface area (Å²) in [5.74, 6) is -0.111. The minimum absolute atomic E-state index is 0.0238. The molecule has 0 aromatic rings. The molecule has 0 unspecified atom stereocenters. The van der Waals surface area contributed by atoms with Crippen LogP contribution in [0.15, 0.2) is 0 Å². The molecule has 6 nitrogen and oxygen atoms in total. The summed E-state index contributed by atoms with van der Waals surface area (Å²) in [6, 6.07) is 0.338. The highest BCUT2D eigenvalue weighted by Gasteiger charge is 2.39. The second-order valence-corrected chi connectivity index (χ2v) is 7.13. The minimum atomic E-state index is -0.456. The molecule has 0 N–H and O–H groups in total. The fourth-order valence-corrected chi connectivity index (χ4v) is 2.95. The third-order valence-corrected chi connectivity index (χ3v) is 4.10. The molecule has 0 spiro atoms. The van der Waals surface area contributed by atoms with Gasteiger partial charge < -0.3 is 14.4 Å². The minimum Gasteiger partial charge on any atom is -0.466 e. The molecule has 6 heteroatoms. The highest BCUT2D eigenvalue weighted by molar-refractivity contribution is 5.73. The van der Waals surface area contributed by atoms with Crippen molar-refractivity contribution in [1.82, 2.24) is 9.80 Å². The molecule has 0 radical (unpaired) electrons. The molecule has 1 amide bonds. The predicted molar refractivity (Wildman–Crippen MR) is 82.5 cm³/mol. The molecule has 0 aliphatic carbocycles. The van der Waals surface area contributed by atoms with Crippen molar-refractivity contribution in [2.45, 2.75) is 52.2 Å². The number of hydrogen-bond acceptors (Lipinski definition) is 5. The van der Waals surface area contributed by atoms with Crippen LogP contribution in [-0.4, -0.2) is 66.3 Å². The summed E-state index contributed by atoms with van der Waals surface area (Å²) in [5.41, 5.74) is -0.456. The molecule has 2 saturated heterocycles. The maximum absolute atomic E-state index is 11.9. The van der Waals surface area contributed by atoms with Gasteiger partial charge in [-0.15, -0.1) is 0 Å². The zero-order valence-electron chi connectivity index (χ0n) is 14.1. The Hall–Kier alpha value is -1.30. The van der Waals surface area contributed by atoms with Gasteiger partial charge in [0.25, 0.3) is 0 Å². The lowest BCUT2D eigenvalue weighted by atomic mass is 9.95. The van der Waals surface area contributed by atoms with Gasteiger partial charge in [0.2, 0.25) is 0 Å². The van der Waals surface area contributed by atoms with Crippen LogP contribution < -0.4 is 0 Å². The normalized spacial score (nSPS) is 23.8. The molecule has 126 valence electrons. The first-order chi connectivity index (χ1) is 10.3. The lowest BCUT2D eigenvalue weighted by molar-refractivity contribution is -0.150. The van der Waals surface area contributed by atoms with E-state index >= 15 is 0 Å². The van der Waals surface area contributed by atoms with Crippen LogP contribution in [0, 0.1) is 5.92 Å². The third-order valence-electron chi connectivity index (χ3n) is 4.10.